The molecule has 0 aliphatic heterocycles. The van der Waals surface area contributed by atoms with Crippen LogP contribution in [0, 0.1) is 0 Å². The van der Waals surface area contributed by atoms with Gasteiger partial charge in [-0.3, -0.25) is 9.59 Å². The average molecular weight is 291 g/mol. The molecule has 0 spiro atoms. The zero-order chi connectivity index (χ0) is 15.4. The van der Waals surface area contributed by atoms with E-state index in [1.165, 1.54) is 19.3 Å². The van der Waals surface area contributed by atoms with E-state index in [1.54, 1.807) is 0 Å². The highest BCUT2D eigenvalue weighted by atomic mass is 16.4. The summed E-state index contributed by atoms with van der Waals surface area (Å²) in [6.07, 6.45) is 6.05. The third-order valence-corrected chi connectivity index (χ3v) is 4.37. The van der Waals surface area contributed by atoms with Gasteiger partial charge in [0.2, 0.25) is 0 Å². The van der Waals surface area contributed by atoms with E-state index >= 15 is 0 Å². The van der Waals surface area contributed by atoms with E-state index in [1.807, 2.05) is 16.7 Å². The van der Waals surface area contributed by atoms with Crippen molar-refractivity contribution < 1.29 is 9.90 Å². The number of carboxylic acid groups (broad SMARTS) is 1. The Morgan fingerprint density at radius 2 is 1.95 bits per heavy atom. The predicted molar refractivity (Wildman–Crippen MR) is 82.9 cm³/mol. The van der Waals surface area contributed by atoms with Crippen LogP contribution in [-0.4, -0.2) is 15.6 Å². The Kier molecular flexibility index (Phi) is 5.21. The van der Waals surface area contributed by atoms with Crippen molar-refractivity contribution in [3.05, 3.63) is 33.7 Å². The lowest BCUT2D eigenvalue weighted by Crippen LogP contribution is -2.32. The van der Waals surface area contributed by atoms with Gasteiger partial charge in [-0.05, 0) is 31.2 Å². The molecular weight excluding hydrogens is 266 g/mol. The Morgan fingerprint density at radius 1 is 1.29 bits per heavy atom. The van der Waals surface area contributed by atoms with Crippen LogP contribution < -0.4 is 5.56 Å². The largest absolute Gasteiger partial charge is 0.481 e. The lowest BCUT2D eigenvalue weighted by molar-refractivity contribution is -0.136. The molecule has 2 rings (SSSR count). The summed E-state index contributed by atoms with van der Waals surface area (Å²) < 4.78 is 1.96. The van der Waals surface area contributed by atoms with Gasteiger partial charge in [-0.15, -0.1) is 0 Å². The third-order valence-electron chi connectivity index (χ3n) is 4.37. The average Bonchev–Trinajstić information content (AvgIpc) is 2.46. The first-order chi connectivity index (χ1) is 10.0. The van der Waals surface area contributed by atoms with E-state index in [4.69, 9.17) is 5.11 Å². The Hall–Kier alpha value is -1.58. The molecule has 21 heavy (non-hydrogen) atoms. The minimum Gasteiger partial charge on any atom is -0.481 e. The molecule has 0 atom stereocenters. The monoisotopic (exact) mass is 291 g/mol. The molecule has 0 radical (unpaired) electrons. The second-order valence-electron chi connectivity index (χ2n) is 6.30. The highest BCUT2D eigenvalue weighted by Crippen LogP contribution is 2.30. The van der Waals surface area contributed by atoms with Crippen LogP contribution in [0.2, 0.25) is 0 Å². The van der Waals surface area contributed by atoms with Crippen LogP contribution in [-0.2, 0) is 11.2 Å². The van der Waals surface area contributed by atoms with Crippen molar-refractivity contribution in [3.8, 4) is 0 Å². The van der Waals surface area contributed by atoms with E-state index in [0.717, 1.165) is 18.5 Å². The quantitative estimate of drug-likeness (QED) is 0.903. The molecule has 1 aliphatic carbocycles. The van der Waals surface area contributed by atoms with Gasteiger partial charge in [-0.25, -0.2) is 0 Å². The second kappa shape index (κ2) is 6.92. The van der Waals surface area contributed by atoms with Crippen molar-refractivity contribution in [2.24, 2.45) is 0 Å². The molecular formula is C17H25NO3. The number of hydrogen-bond acceptors (Lipinski definition) is 2. The number of nitrogens with zero attached hydrogens (tertiary/aromatic N) is 1. The fourth-order valence-corrected chi connectivity index (χ4v) is 3.23. The maximum atomic E-state index is 12.8. The van der Waals surface area contributed by atoms with Crippen LogP contribution in [0.4, 0.5) is 0 Å². The molecule has 0 bridgehead atoms. The summed E-state index contributed by atoms with van der Waals surface area (Å²) in [5.74, 6) is -0.556. The van der Waals surface area contributed by atoms with E-state index in [9.17, 15) is 9.59 Å². The van der Waals surface area contributed by atoms with Crippen LogP contribution in [0.15, 0.2) is 16.9 Å². The van der Waals surface area contributed by atoms with Crippen molar-refractivity contribution in [2.45, 2.75) is 70.8 Å². The Morgan fingerprint density at radius 3 is 2.52 bits per heavy atom. The zero-order valence-corrected chi connectivity index (χ0v) is 13.0. The summed E-state index contributed by atoms with van der Waals surface area (Å²) in [6.45, 7) is 4.20. The standard InChI is InChI=1S/C17H25NO3/c1-12(2)15-10-8-13(9-11-16(19)20)17(21)18(15)14-6-4-3-5-7-14/h8,10,12,14H,3-7,9,11H2,1-2H3,(H,19,20). The van der Waals surface area contributed by atoms with Crippen LogP contribution in [0.3, 0.4) is 0 Å². The van der Waals surface area contributed by atoms with Gasteiger partial charge in [-0.2, -0.15) is 0 Å². The number of aryl methyl sites for hydroxylation is 1. The van der Waals surface area contributed by atoms with Crippen molar-refractivity contribution in [1.82, 2.24) is 4.57 Å². The minimum atomic E-state index is -0.855. The molecule has 1 aromatic rings. The van der Waals surface area contributed by atoms with Crippen LogP contribution in [0.25, 0.3) is 0 Å². The van der Waals surface area contributed by atoms with Gasteiger partial charge in [0.05, 0.1) is 0 Å². The first-order valence-electron chi connectivity index (χ1n) is 7.96. The van der Waals surface area contributed by atoms with Crippen molar-refractivity contribution in [2.75, 3.05) is 0 Å². The van der Waals surface area contributed by atoms with Gasteiger partial charge < -0.3 is 9.67 Å². The van der Waals surface area contributed by atoms with E-state index in [0.29, 0.717) is 17.9 Å². The fourth-order valence-electron chi connectivity index (χ4n) is 3.23. The minimum absolute atomic E-state index is 0.0148. The van der Waals surface area contributed by atoms with Gasteiger partial charge in [-0.1, -0.05) is 39.2 Å². The summed E-state index contributed by atoms with van der Waals surface area (Å²) in [5, 5.41) is 8.82. The normalized spacial score (nSPS) is 16.3. The molecule has 1 N–H and O–H groups in total. The van der Waals surface area contributed by atoms with Crippen LogP contribution in [0.5, 0.6) is 0 Å². The molecule has 1 saturated carbocycles. The molecule has 0 unspecified atom stereocenters. The van der Waals surface area contributed by atoms with Gasteiger partial charge in [0.15, 0.2) is 0 Å². The Balaban J connectivity index is 2.39. The van der Waals surface area contributed by atoms with Gasteiger partial charge >= 0.3 is 5.97 Å². The highest BCUT2D eigenvalue weighted by Gasteiger charge is 2.21. The lowest BCUT2D eigenvalue weighted by Gasteiger charge is -2.28. The highest BCUT2D eigenvalue weighted by molar-refractivity contribution is 5.67. The molecule has 1 aromatic heterocycles. The number of aromatic nitrogens is 1. The topological polar surface area (TPSA) is 59.3 Å². The van der Waals surface area contributed by atoms with E-state index in [2.05, 4.69) is 13.8 Å². The number of aliphatic carboxylic acids is 1. The SMILES string of the molecule is CC(C)c1ccc(CCC(=O)O)c(=O)n1C1CCCCC1. The smallest absolute Gasteiger partial charge is 0.303 e. The van der Waals surface area contributed by atoms with Crippen LogP contribution >= 0.6 is 0 Å². The van der Waals surface area contributed by atoms with Gasteiger partial charge in [0, 0.05) is 23.7 Å². The molecule has 0 aromatic carbocycles. The predicted octanol–water partition coefficient (Wildman–Crippen LogP) is 3.49. The van der Waals surface area contributed by atoms with Crippen molar-refractivity contribution in [3.63, 3.8) is 0 Å². The van der Waals surface area contributed by atoms with E-state index in [-0.39, 0.29) is 18.0 Å². The second-order valence-corrected chi connectivity index (χ2v) is 6.30. The number of rotatable bonds is 5. The molecule has 1 fully saturated rings. The Bertz CT molecular complexity index is 554. The number of carboxylic acids is 1. The molecule has 0 saturated heterocycles. The molecule has 1 heterocycles. The molecule has 4 nitrogen and oxygen atoms in total. The Labute approximate surface area is 125 Å². The van der Waals surface area contributed by atoms with Gasteiger partial charge in [0.25, 0.3) is 5.56 Å². The number of hydrogen-bond donors (Lipinski definition) is 1. The van der Waals surface area contributed by atoms with Crippen molar-refractivity contribution >= 4 is 5.97 Å². The summed E-state index contributed by atoms with van der Waals surface area (Å²) in [5.41, 5.74) is 1.73. The molecule has 116 valence electrons. The number of carbonyl (C=O) groups is 1. The summed E-state index contributed by atoms with van der Waals surface area (Å²) >= 11 is 0. The molecule has 4 heteroatoms. The number of pyridine rings is 1. The summed E-state index contributed by atoms with van der Waals surface area (Å²) in [6, 6.07) is 4.12. The lowest BCUT2D eigenvalue weighted by atomic mass is 9.93. The first kappa shape index (κ1) is 15.8. The summed E-state index contributed by atoms with van der Waals surface area (Å²) in [7, 11) is 0. The molecule has 0 amide bonds. The van der Waals surface area contributed by atoms with Gasteiger partial charge in [0.1, 0.15) is 0 Å². The van der Waals surface area contributed by atoms with E-state index < -0.39 is 5.97 Å². The maximum absolute atomic E-state index is 12.8. The molecule has 1 aliphatic rings. The summed E-state index contributed by atoms with van der Waals surface area (Å²) in [4.78, 5) is 23.5. The first-order valence-corrected chi connectivity index (χ1v) is 7.96. The third kappa shape index (κ3) is 3.74. The maximum Gasteiger partial charge on any atom is 0.303 e. The zero-order valence-electron chi connectivity index (χ0n) is 13.0. The van der Waals surface area contributed by atoms with Crippen LogP contribution in [0.1, 0.15) is 75.6 Å². The van der Waals surface area contributed by atoms with Crippen molar-refractivity contribution in [1.29, 1.82) is 0 Å². The fraction of sp³-hybridized carbons (Fsp3) is 0.647.